The molecule has 1 rings (SSSR count). The van der Waals surface area contributed by atoms with Crippen molar-refractivity contribution in [3.8, 4) is 0 Å². The van der Waals surface area contributed by atoms with Crippen LogP contribution in [-0.4, -0.2) is 49.5 Å². The summed E-state index contributed by atoms with van der Waals surface area (Å²) in [5.74, 6) is -2.21. The molecule has 0 heterocycles. The number of methoxy groups -OCH3 is 1. The van der Waals surface area contributed by atoms with Gasteiger partial charge in [0.05, 0.1) is 12.9 Å². The first kappa shape index (κ1) is 27.1. The monoisotopic (exact) mass is 446 g/mol. The van der Waals surface area contributed by atoms with Crippen LogP contribution in [0.4, 0.5) is 0 Å². The fourth-order valence-electron chi connectivity index (χ4n) is 4.59. The predicted octanol–water partition coefficient (Wildman–Crippen LogP) is 4.00. The first-order valence-corrected chi connectivity index (χ1v) is 13.5. The average Bonchev–Trinajstić information content (AvgIpc) is 3.03. The molecule has 0 aromatic carbocycles. The summed E-state index contributed by atoms with van der Waals surface area (Å²) in [6.45, 7) is 2.20. The number of hydrogen-bond donors (Lipinski definition) is 2. The van der Waals surface area contributed by atoms with Gasteiger partial charge in [-0.2, -0.15) is 0 Å². The number of ether oxygens (including phenoxy) is 1. The minimum atomic E-state index is -3.00. The highest BCUT2D eigenvalue weighted by Crippen LogP contribution is 2.41. The summed E-state index contributed by atoms with van der Waals surface area (Å²) in [5, 5.41) is 19.3. The first-order valence-electron chi connectivity index (χ1n) is 11.5. The van der Waals surface area contributed by atoms with Crippen LogP contribution in [0.15, 0.2) is 12.2 Å². The topological polar surface area (TPSA) is 101 Å². The molecule has 1 fully saturated rings. The van der Waals surface area contributed by atoms with Gasteiger partial charge in [-0.25, -0.2) is 13.2 Å². The molecule has 0 unspecified atom stereocenters. The molecule has 1 saturated carbocycles. The van der Waals surface area contributed by atoms with E-state index in [1.165, 1.54) is 31.9 Å². The second-order valence-corrected chi connectivity index (χ2v) is 11.1. The van der Waals surface area contributed by atoms with Gasteiger partial charge in [-0.15, -0.1) is 0 Å². The van der Waals surface area contributed by atoms with Gasteiger partial charge >= 0.3 is 5.97 Å². The van der Waals surface area contributed by atoms with Crippen molar-refractivity contribution in [3.05, 3.63) is 12.2 Å². The maximum Gasteiger partial charge on any atom is 0.366 e. The highest BCUT2D eigenvalue weighted by molar-refractivity contribution is 7.90. The van der Waals surface area contributed by atoms with E-state index >= 15 is 0 Å². The zero-order valence-electron chi connectivity index (χ0n) is 19.0. The third kappa shape index (κ3) is 10.4. The lowest BCUT2D eigenvalue weighted by atomic mass is 9.86. The maximum absolute atomic E-state index is 11.9. The molecule has 0 radical (unpaired) electrons. The minimum Gasteiger partial charge on any atom is -0.465 e. The Balaban J connectivity index is 2.52. The van der Waals surface area contributed by atoms with Crippen molar-refractivity contribution in [2.24, 2.45) is 17.8 Å². The Labute approximate surface area is 183 Å². The number of carbonyl (C=O) groups excluding carboxylic acids is 1. The molecule has 0 aromatic rings. The Kier molecular flexibility index (Phi) is 12.2. The molecule has 176 valence electrons. The SMILES string of the molecule is CCCCCCC=C[C@@H]1[C@H](CCCCCC(O)(O)C(=O)OC)CC[C@H]1CS(C)(=O)=O. The van der Waals surface area contributed by atoms with E-state index in [-0.39, 0.29) is 18.1 Å². The Morgan fingerprint density at radius 1 is 1.07 bits per heavy atom. The van der Waals surface area contributed by atoms with E-state index in [0.717, 1.165) is 45.6 Å². The van der Waals surface area contributed by atoms with Crippen molar-refractivity contribution < 1.29 is 28.2 Å². The summed E-state index contributed by atoms with van der Waals surface area (Å²) in [4.78, 5) is 11.3. The Morgan fingerprint density at radius 3 is 2.37 bits per heavy atom. The zero-order valence-corrected chi connectivity index (χ0v) is 19.8. The third-order valence-corrected chi connectivity index (χ3v) is 7.24. The predicted molar refractivity (Wildman–Crippen MR) is 120 cm³/mol. The van der Waals surface area contributed by atoms with Crippen LogP contribution in [0.5, 0.6) is 0 Å². The number of carbonyl (C=O) groups is 1. The van der Waals surface area contributed by atoms with E-state index in [4.69, 9.17) is 0 Å². The summed E-state index contributed by atoms with van der Waals surface area (Å²) >= 11 is 0. The number of rotatable bonds is 15. The van der Waals surface area contributed by atoms with Crippen LogP contribution < -0.4 is 0 Å². The molecule has 0 aromatic heterocycles. The highest BCUT2D eigenvalue weighted by Gasteiger charge is 2.36. The zero-order chi connectivity index (χ0) is 22.6. The number of hydrogen-bond acceptors (Lipinski definition) is 6. The standard InChI is InChI=1S/C23H42O6S/c1-4-5-6-7-8-11-14-21-19(15-16-20(21)18-30(3,27)28)13-10-9-12-17-23(25,26)22(24)29-2/h11,14,19-21,25-26H,4-10,12-13,15-18H2,1-3H3/t19-,20+,21-/m1/s1. The molecule has 30 heavy (non-hydrogen) atoms. The van der Waals surface area contributed by atoms with Gasteiger partial charge in [-0.3, -0.25) is 0 Å². The quantitative estimate of drug-likeness (QED) is 0.171. The second-order valence-electron chi connectivity index (χ2n) is 8.95. The highest BCUT2D eigenvalue weighted by atomic mass is 32.2. The summed E-state index contributed by atoms with van der Waals surface area (Å²) in [5.41, 5.74) is 0. The molecule has 0 aliphatic heterocycles. The van der Waals surface area contributed by atoms with E-state index in [0.29, 0.717) is 18.3 Å². The van der Waals surface area contributed by atoms with Crippen molar-refractivity contribution >= 4 is 15.8 Å². The first-order chi connectivity index (χ1) is 14.1. The average molecular weight is 447 g/mol. The van der Waals surface area contributed by atoms with Crippen LogP contribution in [0.1, 0.15) is 84.0 Å². The van der Waals surface area contributed by atoms with E-state index < -0.39 is 21.6 Å². The lowest BCUT2D eigenvalue weighted by molar-refractivity contribution is -0.209. The second kappa shape index (κ2) is 13.5. The number of esters is 1. The van der Waals surface area contributed by atoms with Crippen molar-refractivity contribution in [1.29, 1.82) is 0 Å². The van der Waals surface area contributed by atoms with E-state index in [1.807, 2.05) is 0 Å². The van der Waals surface area contributed by atoms with Crippen LogP contribution in [0.2, 0.25) is 0 Å². The van der Waals surface area contributed by atoms with Crippen LogP contribution in [0.3, 0.4) is 0 Å². The minimum absolute atomic E-state index is 0.0395. The van der Waals surface area contributed by atoms with Gasteiger partial charge in [0.2, 0.25) is 0 Å². The largest absolute Gasteiger partial charge is 0.465 e. The Hall–Kier alpha value is -0.920. The molecular formula is C23H42O6S. The van der Waals surface area contributed by atoms with Crippen molar-refractivity contribution in [3.63, 3.8) is 0 Å². The van der Waals surface area contributed by atoms with Crippen molar-refractivity contribution in [1.82, 2.24) is 0 Å². The third-order valence-electron chi connectivity index (χ3n) is 6.21. The summed E-state index contributed by atoms with van der Waals surface area (Å²) < 4.78 is 28.1. The van der Waals surface area contributed by atoms with E-state index in [1.54, 1.807) is 0 Å². The van der Waals surface area contributed by atoms with E-state index in [9.17, 15) is 23.4 Å². The number of sulfone groups is 1. The lowest BCUT2D eigenvalue weighted by Gasteiger charge is -2.22. The van der Waals surface area contributed by atoms with Gasteiger partial charge < -0.3 is 14.9 Å². The normalized spacial score (nSPS) is 22.6. The molecule has 7 heteroatoms. The molecule has 1 aliphatic rings. The number of allylic oxidation sites excluding steroid dienone is 2. The van der Waals surface area contributed by atoms with Gasteiger partial charge in [-0.05, 0) is 56.3 Å². The van der Waals surface area contributed by atoms with Gasteiger partial charge in [-0.1, -0.05) is 51.2 Å². The summed E-state index contributed by atoms with van der Waals surface area (Å²) in [7, 11) is -1.86. The number of aliphatic hydroxyl groups is 2. The molecule has 0 saturated heterocycles. The van der Waals surface area contributed by atoms with Crippen LogP contribution in [0, 0.1) is 17.8 Å². The Morgan fingerprint density at radius 2 is 1.73 bits per heavy atom. The van der Waals surface area contributed by atoms with Gasteiger partial charge in [0.15, 0.2) is 0 Å². The van der Waals surface area contributed by atoms with Gasteiger partial charge in [0.1, 0.15) is 9.84 Å². The van der Waals surface area contributed by atoms with Gasteiger partial charge in [0, 0.05) is 12.7 Å². The molecule has 6 nitrogen and oxygen atoms in total. The molecular weight excluding hydrogens is 404 g/mol. The molecule has 0 amide bonds. The molecule has 1 aliphatic carbocycles. The van der Waals surface area contributed by atoms with Gasteiger partial charge in [0.25, 0.3) is 5.79 Å². The lowest BCUT2D eigenvalue weighted by Crippen LogP contribution is -2.39. The fraction of sp³-hybridized carbons (Fsp3) is 0.870. The smallest absolute Gasteiger partial charge is 0.366 e. The fourth-order valence-corrected chi connectivity index (χ4v) is 5.76. The Bertz CT molecular complexity index is 626. The van der Waals surface area contributed by atoms with Crippen LogP contribution >= 0.6 is 0 Å². The summed E-state index contributed by atoms with van der Waals surface area (Å²) in [6, 6.07) is 0. The number of unbranched alkanes of at least 4 members (excludes halogenated alkanes) is 6. The molecule has 2 N–H and O–H groups in total. The van der Waals surface area contributed by atoms with Crippen LogP contribution in [0.25, 0.3) is 0 Å². The summed E-state index contributed by atoms with van der Waals surface area (Å²) in [6.07, 6.45) is 17.0. The van der Waals surface area contributed by atoms with Crippen LogP contribution in [-0.2, 0) is 19.4 Å². The molecule has 0 bridgehead atoms. The van der Waals surface area contributed by atoms with E-state index in [2.05, 4.69) is 23.8 Å². The maximum atomic E-state index is 11.9. The molecule has 0 spiro atoms. The molecule has 3 atom stereocenters. The van der Waals surface area contributed by atoms with Crippen molar-refractivity contribution in [2.45, 2.75) is 89.8 Å². The van der Waals surface area contributed by atoms with Crippen molar-refractivity contribution in [2.75, 3.05) is 19.1 Å².